The zero-order valence-corrected chi connectivity index (χ0v) is 12.1. The van der Waals surface area contributed by atoms with Gasteiger partial charge in [-0.15, -0.1) is 0 Å². The molecule has 0 unspecified atom stereocenters. The van der Waals surface area contributed by atoms with Gasteiger partial charge in [-0.25, -0.2) is 0 Å². The molecule has 0 radical (unpaired) electrons. The fourth-order valence-electron chi connectivity index (χ4n) is 1.99. The van der Waals surface area contributed by atoms with Crippen molar-refractivity contribution >= 4 is 5.97 Å². The van der Waals surface area contributed by atoms with E-state index in [1.54, 1.807) is 33.5 Å². The van der Waals surface area contributed by atoms with Gasteiger partial charge in [-0.1, -0.05) is 0 Å². The molecule has 0 spiro atoms. The third-order valence-corrected chi connectivity index (χ3v) is 3.07. The summed E-state index contributed by atoms with van der Waals surface area (Å²) in [6, 6.07) is 3.47. The molecule has 1 atom stereocenters. The van der Waals surface area contributed by atoms with Crippen molar-refractivity contribution in [2.75, 3.05) is 21.3 Å². The number of carboxylic acid groups (broad SMARTS) is 1. The highest BCUT2D eigenvalue weighted by Gasteiger charge is 2.18. The Morgan fingerprint density at radius 1 is 1.20 bits per heavy atom. The Balaban J connectivity index is 2.94. The molecule has 3 N–H and O–H groups in total. The van der Waals surface area contributed by atoms with E-state index in [0.29, 0.717) is 30.1 Å². The van der Waals surface area contributed by atoms with E-state index < -0.39 is 5.97 Å². The number of benzene rings is 1. The quantitative estimate of drug-likeness (QED) is 0.687. The molecule has 1 aromatic rings. The summed E-state index contributed by atoms with van der Waals surface area (Å²) in [6.45, 7) is 0. The van der Waals surface area contributed by atoms with E-state index >= 15 is 0 Å². The molecule has 6 nitrogen and oxygen atoms in total. The van der Waals surface area contributed by atoms with Crippen molar-refractivity contribution in [1.82, 2.24) is 0 Å². The zero-order valence-electron chi connectivity index (χ0n) is 12.1. The van der Waals surface area contributed by atoms with Crippen LogP contribution < -0.4 is 25.1 Å². The predicted molar refractivity (Wildman–Crippen MR) is 70.7 cm³/mol. The SMILES string of the molecule is COc1cc(OC)c(C[C@@H]([NH3+])CCC(=O)[O-])c(OC)c1. The molecular weight excluding hydrogens is 262 g/mol. The van der Waals surface area contributed by atoms with E-state index in [2.05, 4.69) is 5.73 Å². The summed E-state index contributed by atoms with van der Waals surface area (Å²) >= 11 is 0. The molecule has 20 heavy (non-hydrogen) atoms. The summed E-state index contributed by atoms with van der Waals surface area (Å²) in [4.78, 5) is 10.5. The Bertz CT molecular complexity index is 436. The Morgan fingerprint density at radius 3 is 2.15 bits per heavy atom. The monoisotopic (exact) mass is 283 g/mol. The van der Waals surface area contributed by atoms with Crippen molar-refractivity contribution in [3.05, 3.63) is 17.7 Å². The van der Waals surface area contributed by atoms with Gasteiger partial charge in [-0.2, -0.15) is 0 Å². The first-order valence-electron chi connectivity index (χ1n) is 6.33. The third kappa shape index (κ3) is 4.31. The van der Waals surface area contributed by atoms with Crippen molar-refractivity contribution in [3.63, 3.8) is 0 Å². The number of aliphatic carboxylic acids is 1. The Labute approximate surface area is 118 Å². The normalized spacial score (nSPS) is 11.8. The number of quaternary nitrogens is 1. The molecule has 0 heterocycles. The number of carboxylic acids is 1. The summed E-state index contributed by atoms with van der Waals surface area (Å²) in [5.74, 6) is 0.858. The number of rotatable bonds is 8. The average molecular weight is 283 g/mol. The number of ether oxygens (including phenoxy) is 3. The summed E-state index contributed by atoms with van der Waals surface area (Å²) in [6.07, 6.45) is 0.999. The molecule has 0 aromatic heterocycles. The van der Waals surface area contributed by atoms with Gasteiger partial charge in [0.25, 0.3) is 0 Å². The number of methoxy groups -OCH3 is 3. The lowest BCUT2D eigenvalue weighted by Gasteiger charge is -2.17. The number of hydrogen-bond donors (Lipinski definition) is 1. The minimum absolute atomic E-state index is 0.00501. The Kier molecular flexibility index (Phi) is 6.11. The van der Waals surface area contributed by atoms with Crippen molar-refractivity contribution in [2.45, 2.75) is 25.3 Å². The summed E-state index contributed by atoms with van der Waals surface area (Å²) in [5.41, 5.74) is 4.82. The van der Waals surface area contributed by atoms with E-state index in [0.717, 1.165) is 5.56 Å². The minimum atomic E-state index is -1.06. The molecule has 0 aliphatic rings. The lowest BCUT2D eigenvalue weighted by Crippen LogP contribution is -2.62. The zero-order chi connectivity index (χ0) is 15.1. The Hall–Kier alpha value is -1.95. The van der Waals surface area contributed by atoms with Crippen molar-refractivity contribution in [3.8, 4) is 17.2 Å². The molecule has 0 amide bonds. The van der Waals surface area contributed by atoms with Crippen molar-refractivity contribution < 1.29 is 29.8 Å². The van der Waals surface area contributed by atoms with Gasteiger partial charge in [0.15, 0.2) is 0 Å². The predicted octanol–water partition coefficient (Wildman–Crippen LogP) is -0.604. The van der Waals surface area contributed by atoms with Gasteiger partial charge in [-0.3, -0.25) is 0 Å². The average Bonchev–Trinajstić information content (AvgIpc) is 2.45. The lowest BCUT2D eigenvalue weighted by molar-refractivity contribution is -0.421. The summed E-state index contributed by atoms with van der Waals surface area (Å²) in [5, 5.41) is 10.5. The van der Waals surface area contributed by atoms with Crippen LogP contribution >= 0.6 is 0 Å². The highest BCUT2D eigenvalue weighted by molar-refractivity contribution is 5.64. The van der Waals surface area contributed by atoms with Gasteiger partial charge in [0, 0.05) is 36.5 Å². The van der Waals surface area contributed by atoms with E-state index in [4.69, 9.17) is 14.2 Å². The minimum Gasteiger partial charge on any atom is -0.550 e. The van der Waals surface area contributed by atoms with Crippen LogP contribution in [0.15, 0.2) is 12.1 Å². The van der Waals surface area contributed by atoms with Gasteiger partial charge in [0.2, 0.25) is 0 Å². The maximum atomic E-state index is 10.5. The van der Waals surface area contributed by atoms with E-state index in [1.807, 2.05) is 0 Å². The molecule has 0 aliphatic heterocycles. The summed E-state index contributed by atoms with van der Waals surface area (Å²) < 4.78 is 15.9. The maximum Gasteiger partial charge on any atom is 0.129 e. The molecule has 0 fully saturated rings. The molecule has 0 saturated heterocycles. The fourth-order valence-corrected chi connectivity index (χ4v) is 1.99. The first-order chi connectivity index (χ1) is 9.51. The second-order valence-corrected chi connectivity index (χ2v) is 4.49. The first-order valence-corrected chi connectivity index (χ1v) is 6.33. The lowest BCUT2D eigenvalue weighted by atomic mass is 10.0. The van der Waals surface area contributed by atoms with Gasteiger partial charge in [-0.05, 0) is 6.42 Å². The van der Waals surface area contributed by atoms with Crippen LogP contribution in [0.3, 0.4) is 0 Å². The molecule has 112 valence electrons. The van der Waals surface area contributed by atoms with Gasteiger partial charge in [0.1, 0.15) is 17.2 Å². The Morgan fingerprint density at radius 2 is 1.75 bits per heavy atom. The van der Waals surface area contributed by atoms with Crippen molar-refractivity contribution in [1.29, 1.82) is 0 Å². The second-order valence-electron chi connectivity index (χ2n) is 4.49. The molecule has 0 bridgehead atoms. The van der Waals surface area contributed by atoms with Crippen LogP contribution in [0.4, 0.5) is 0 Å². The first kappa shape index (κ1) is 16.1. The van der Waals surface area contributed by atoms with Gasteiger partial charge < -0.3 is 29.8 Å². The van der Waals surface area contributed by atoms with E-state index in [1.165, 1.54) is 0 Å². The smallest absolute Gasteiger partial charge is 0.129 e. The van der Waals surface area contributed by atoms with E-state index in [9.17, 15) is 9.90 Å². The third-order valence-electron chi connectivity index (χ3n) is 3.07. The van der Waals surface area contributed by atoms with Gasteiger partial charge in [0.05, 0.1) is 27.4 Å². The highest BCUT2D eigenvalue weighted by Crippen LogP contribution is 2.34. The standard InChI is InChI=1S/C14H21NO5/c1-18-10-7-12(19-2)11(13(8-10)20-3)6-9(15)4-5-14(16)17/h7-9H,4-6,15H2,1-3H3,(H,16,17)/t9-/m0/s1. The van der Waals surface area contributed by atoms with Crippen LogP contribution in [0.2, 0.25) is 0 Å². The molecule has 0 aliphatic carbocycles. The van der Waals surface area contributed by atoms with Crippen molar-refractivity contribution in [2.24, 2.45) is 0 Å². The fraction of sp³-hybridized carbons (Fsp3) is 0.500. The summed E-state index contributed by atoms with van der Waals surface area (Å²) in [7, 11) is 4.70. The molecule has 0 saturated carbocycles. The second kappa shape index (κ2) is 7.59. The topological polar surface area (TPSA) is 95.5 Å². The number of hydrogen-bond acceptors (Lipinski definition) is 5. The van der Waals surface area contributed by atoms with Gasteiger partial charge >= 0.3 is 0 Å². The van der Waals surface area contributed by atoms with Crippen LogP contribution in [-0.2, 0) is 11.2 Å². The maximum absolute atomic E-state index is 10.5. The largest absolute Gasteiger partial charge is 0.550 e. The number of carbonyl (C=O) groups excluding carboxylic acids is 1. The molecule has 1 rings (SSSR count). The van der Waals surface area contributed by atoms with Crippen LogP contribution in [0, 0.1) is 0 Å². The van der Waals surface area contributed by atoms with E-state index in [-0.39, 0.29) is 12.5 Å². The molecular formula is C14H21NO5. The molecule has 1 aromatic carbocycles. The van der Waals surface area contributed by atoms with Crippen LogP contribution in [0.1, 0.15) is 18.4 Å². The molecule has 6 heteroatoms. The van der Waals surface area contributed by atoms with Crippen LogP contribution in [-0.4, -0.2) is 33.3 Å². The number of carbonyl (C=O) groups is 1. The van der Waals surface area contributed by atoms with Crippen LogP contribution in [0.5, 0.6) is 17.2 Å². The van der Waals surface area contributed by atoms with Crippen LogP contribution in [0.25, 0.3) is 0 Å². The highest BCUT2D eigenvalue weighted by atomic mass is 16.5.